The Morgan fingerprint density at radius 1 is 1.06 bits per heavy atom. The zero-order valence-electron chi connectivity index (χ0n) is 18.9. The topological polar surface area (TPSA) is 74.0 Å². The van der Waals surface area contributed by atoms with Crippen LogP contribution in [0, 0.1) is 11.8 Å². The minimum atomic E-state index is -0.470. The highest BCUT2D eigenvalue weighted by Crippen LogP contribution is 2.35. The molecule has 1 aromatic carbocycles. The van der Waals surface area contributed by atoms with Crippen molar-refractivity contribution < 1.29 is 23.5 Å². The zero-order valence-corrected chi connectivity index (χ0v) is 18.9. The van der Waals surface area contributed by atoms with Gasteiger partial charge in [0, 0.05) is 13.1 Å². The van der Waals surface area contributed by atoms with Crippen LogP contribution in [0.3, 0.4) is 0 Å². The molecule has 0 spiro atoms. The monoisotopic (exact) mass is 430 g/mol. The molecule has 0 bridgehead atoms. The SMILES string of the molecule is CC(C)(C)OC(=O)N1CCC(COc2noc3cccc(OCC4CCCC4)c23)CC1. The quantitative estimate of drug-likeness (QED) is 0.609. The standard InChI is InChI=1S/C24H34N2O5/c1-24(2,3)30-23(27)26-13-11-18(12-14-26)16-29-22-21-19(9-6-10-20(21)31-25-22)28-15-17-7-4-5-8-17/h6,9-10,17-18H,4-5,7-8,11-16H2,1-3H3. The molecule has 2 fully saturated rings. The highest BCUT2D eigenvalue weighted by Gasteiger charge is 2.28. The molecular weight excluding hydrogens is 396 g/mol. The van der Waals surface area contributed by atoms with Crippen molar-refractivity contribution in [3.05, 3.63) is 18.2 Å². The van der Waals surface area contributed by atoms with Gasteiger partial charge in [-0.15, -0.1) is 0 Å². The second kappa shape index (κ2) is 9.37. The van der Waals surface area contributed by atoms with Crippen LogP contribution in [0.5, 0.6) is 11.6 Å². The number of likely N-dealkylation sites (tertiary alicyclic amines) is 1. The number of aromatic nitrogens is 1. The Hall–Kier alpha value is -2.44. The Bertz CT molecular complexity index is 874. The van der Waals surface area contributed by atoms with Crippen molar-refractivity contribution in [3.8, 4) is 11.6 Å². The maximum Gasteiger partial charge on any atom is 0.410 e. The van der Waals surface area contributed by atoms with E-state index >= 15 is 0 Å². The summed E-state index contributed by atoms with van der Waals surface area (Å²) in [7, 11) is 0. The lowest BCUT2D eigenvalue weighted by molar-refractivity contribution is 0.0164. The molecule has 7 heteroatoms. The highest BCUT2D eigenvalue weighted by molar-refractivity contribution is 5.88. The van der Waals surface area contributed by atoms with E-state index < -0.39 is 5.60 Å². The van der Waals surface area contributed by atoms with Gasteiger partial charge in [0.1, 0.15) is 16.7 Å². The van der Waals surface area contributed by atoms with Crippen LogP contribution < -0.4 is 9.47 Å². The van der Waals surface area contributed by atoms with E-state index in [4.69, 9.17) is 18.7 Å². The molecule has 7 nitrogen and oxygen atoms in total. The fourth-order valence-corrected chi connectivity index (χ4v) is 4.34. The van der Waals surface area contributed by atoms with Gasteiger partial charge in [-0.2, -0.15) is 0 Å². The molecule has 2 aliphatic rings. The van der Waals surface area contributed by atoms with Crippen molar-refractivity contribution in [3.63, 3.8) is 0 Å². The Morgan fingerprint density at radius 2 is 1.74 bits per heavy atom. The summed E-state index contributed by atoms with van der Waals surface area (Å²) in [5.41, 5.74) is 0.210. The molecule has 0 N–H and O–H groups in total. The predicted molar refractivity (Wildman–Crippen MR) is 117 cm³/mol. The molecule has 1 aliphatic carbocycles. The minimum absolute atomic E-state index is 0.238. The Morgan fingerprint density at radius 3 is 2.45 bits per heavy atom. The van der Waals surface area contributed by atoms with Gasteiger partial charge < -0.3 is 23.6 Å². The number of nitrogens with zero attached hydrogens (tertiary/aromatic N) is 2. The Kier molecular flexibility index (Phi) is 6.58. The molecule has 0 unspecified atom stereocenters. The summed E-state index contributed by atoms with van der Waals surface area (Å²) >= 11 is 0. The number of amides is 1. The summed E-state index contributed by atoms with van der Waals surface area (Å²) in [6.45, 7) is 8.29. The highest BCUT2D eigenvalue weighted by atomic mass is 16.6. The first-order valence-corrected chi connectivity index (χ1v) is 11.5. The average Bonchev–Trinajstić information content (AvgIpc) is 3.40. The van der Waals surface area contributed by atoms with Crippen LogP contribution in [0.2, 0.25) is 0 Å². The van der Waals surface area contributed by atoms with Crippen LogP contribution in [0.25, 0.3) is 11.0 Å². The number of benzene rings is 1. The maximum absolute atomic E-state index is 12.2. The largest absolute Gasteiger partial charge is 0.492 e. The predicted octanol–water partition coefficient (Wildman–Crippen LogP) is 5.42. The second-order valence-electron chi connectivity index (χ2n) is 9.80. The molecule has 1 saturated heterocycles. The third kappa shape index (κ3) is 5.63. The van der Waals surface area contributed by atoms with Gasteiger partial charge in [0.05, 0.1) is 13.2 Å². The average molecular weight is 431 g/mol. The van der Waals surface area contributed by atoms with Gasteiger partial charge in [-0.05, 0) is 75.6 Å². The number of carbonyl (C=O) groups is 1. The van der Waals surface area contributed by atoms with Gasteiger partial charge in [0.25, 0.3) is 5.88 Å². The maximum atomic E-state index is 12.2. The van der Waals surface area contributed by atoms with E-state index in [1.807, 2.05) is 39.0 Å². The van der Waals surface area contributed by atoms with Crippen molar-refractivity contribution in [2.75, 3.05) is 26.3 Å². The van der Waals surface area contributed by atoms with Gasteiger partial charge in [-0.3, -0.25) is 0 Å². The van der Waals surface area contributed by atoms with Crippen molar-refractivity contribution >= 4 is 17.1 Å². The van der Waals surface area contributed by atoms with E-state index in [2.05, 4.69) is 5.16 Å². The van der Waals surface area contributed by atoms with E-state index in [1.165, 1.54) is 25.7 Å². The van der Waals surface area contributed by atoms with Crippen LogP contribution in [0.4, 0.5) is 4.79 Å². The van der Waals surface area contributed by atoms with Gasteiger partial charge >= 0.3 is 6.09 Å². The first-order valence-electron chi connectivity index (χ1n) is 11.5. The fraction of sp³-hybridized carbons (Fsp3) is 0.667. The second-order valence-corrected chi connectivity index (χ2v) is 9.80. The number of piperidine rings is 1. The molecule has 0 radical (unpaired) electrons. The Labute approximate surface area is 184 Å². The van der Waals surface area contributed by atoms with E-state index in [9.17, 15) is 4.79 Å². The van der Waals surface area contributed by atoms with Crippen LogP contribution in [-0.4, -0.2) is 48.1 Å². The van der Waals surface area contributed by atoms with E-state index in [-0.39, 0.29) is 6.09 Å². The molecule has 170 valence electrons. The molecular formula is C24H34N2O5. The zero-order chi connectivity index (χ0) is 21.8. The third-order valence-corrected chi connectivity index (χ3v) is 6.10. The first-order chi connectivity index (χ1) is 14.9. The molecule has 31 heavy (non-hydrogen) atoms. The number of ether oxygens (including phenoxy) is 3. The van der Waals surface area contributed by atoms with E-state index in [0.29, 0.717) is 43.0 Å². The summed E-state index contributed by atoms with van der Waals surface area (Å²) in [6, 6.07) is 5.77. The lowest BCUT2D eigenvalue weighted by Crippen LogP contribution is -2.42. The summed E-state index contributed by atoms with van der Waals surface area (Å²) in [5.74, 6) is 2.26. The van der Waals surface area contributed by atoms with Crippen LogP contribution in [-0.2, 0) is 4.74 Å². The van der Waals surface area contributed by atoms with Gasteiger partial charge in [-0.25, -0.2) is 4.79 Å². The van der Waals surface area contributed by atoms with Crippen molar-refractivity contribution in [2.45, 2.75) is 64.9 Å². The molecule has 4 rings (SSSR count). The normalized spacial score (nSPS) is 18.5. The van der Waals surface area contributed by atoms with Crippen molar-refractivity contribution in [2.24, 2.45) is 11.8 Å². The molecule has 0 atom stereocenters. The number of carbonyl (C=O) groups excluding carboxylic acids is 1. The molecule has 2 heterocycles. The fourth-order valence-electron chi connectivity index (χ4n) is 4.34. The summed E-state index contributed by atoms with van der Waals surface area (Å²) in [5, 5.41) is 4.95. The van der Waals surface area contributed by atoms with Crippen LogP contribution in [0.1, 0.15) is 59.3 Å². The van der Waals surface area contributed by atoms with E-state index in [1.54, 1.807) is 4.90 Å². The molecule has 1 amide bonds. The first kappa shape index (κ1) is 21.8. The molecule has 1 aliphatic heterocycles. The minimum Gasteiger partial charge on any atom is -0.492 e. The van der Waals surface area contributed by atoms with E-state index in [0.717, 1.165) is 30.6 Å². The third-order valence-electron chi connectivity index (χ3n) is 6.10. The van der Waals surface area contributed by atoms with Crippen molar-refractivity contribution in [1.29, 1.82) is 0 Å². The number of hydrogen-bond acceptors (Lipinski definition) is 6. The van der Waals surface area contributed by atoms with Crippen molar-refractivity contribution in [1.82, 2.24) is 10.1 Å². The summed E-state index contributed by atoms with van der Waals surface area (Å²) < 4.78 is 23.1. The lowest BCUT2D eigenvalue weighted by atomic mass is 9.98. The number of rotatable bonds is 6. The van der Waals surface area contributed by atoms with Crippen LogP contribution in [0.15, 0.2) is 22.7 Å². The summed E-state index contributed by atoms with van der Waals surface area (Å²) in [6.07, 6.45) is 6.59. The Balaban J connectivity index is 1.32. The molecule has 2 aromatic rings. The molecule has 1 saturated carbocycles. The van der Waals surface area contributed by atoms with Gasteiger partial charge in [-0.1, -0.05) is 18.9 Å². The number of fused-ring (bicyclic) bond motifs is 1. The van der Waals surface area contributed by atoms with Gasteiger partial charge in [0.15, 0.2) is 5.58 Å². The number of hydrogen-bond donors (Lipinski definition) is 0. The van der Waals surface area contributed by atoms with Crippen LogP contribution >= 0.6 is 0 Å². The lowest BCUT2D eigenvalue weighted by Gasteiger charge is -2.33. The smallest absolute Gasteiger partial charge is 0.410 e. The molecule has 1 aromatic heterocycles. The van der Waals surface area contributed by atoms with Gasteiger partial charge in [0.2, 0.25) is 0 Å². The summed E-state index contributed by atoms with van der Waals surface area (Å²) in [4.78, 5) is 14.0.